The second-order valence-corrected chi connectivity index (χ2v) is 9.24. The van der Waals surface area contributed by atoms with Gasteiger partial charge in [0.25, 0.3) is 5.91 Å². The van der Waals surface area contributed by atoms with Gasteiger partial charge < -0.3 is 15.8 Å². The highest BCUT2D eigenvalue weighted by molar-refractivity contribution is 6.41. The van der Waals surface area contributed by atoms with Gasteiger partial charge in [-0.05, 0) is 68.9 Å². The van der Waals surface area contributed by atoms with E-state index >= 15 is 0 Å². The van der Waals surface area contributed by atoms with E-state index in [1.54, 1.807) is 13.2 Å². The van der Waals surface area contributed by atoms with E-state index in [1.165, 1.54) is 0 Å². The number of alkyl halides is 3. The first-order valence-electron chi connectivity index (χ1n) is 12.0. The molecular formula is C26H30F3N5O2. The molecule has 0 bridgehead atoms. The number of aromatic nitrogens is 1. The molecule has 36 heavy (non-hydrogen) atoms. The SMILES string of the molecule is CCc1ccc(NC(=O)c2ccc(C(F)(F)F)cn2)cc1C1(C2CCC(OC)CC2)N=C(C)C(N)=N1. The zero-order valence-electron chi connectivity index (χ0n) is 20.5. The molecule has 1 amide bonds. The summed E-state index contributed by atoms with van der Waals surface area (Å²) in [5.41, 5.74) is 7.34. The van der Waals surface area contributed by atoms with Crippen LogP contribution in [0.3, 0.4) is 0 Å². The molecule has 1 atom stereocenters. The predicted octanol–water partition coefficient (Wildman–Crippen LogP) is 5.10. The van der Waals surface area contributed by atoms with Crippen molar-refractivity contribution in [1.82, 2.24) is 4.98 Å². The number of nitrogens with zero attached hydrogens (tertiary/aromatic N) is 3. The molecule has 0 radical (unpaired) electrons. The summed E-state index contributed by atoms with van der Waals surface area (Å²) in [6.07, 6.45) is 0.574. The van der Waals surface area contributed by atoms with E-state index in [-0.39, 0.29) is 17.7 Å². The second kappa shape index (κ2) is 10.0. The Balaban J connectivity index is 1.67. The van der Waals surface area contributed by atoms with Crippen LogP contribution in [0.4, 0.5) is 18.9 Å². The standard InChI is InChI=1S/C26H30F3N5O2/c1-4-16-5-9-19(32-24(35)22-12-8-18(14-31-22)26(27,28)29)13-21(16)25(33-15(2)23(30)34-25)17-6-10-20(36-3)11-7-17/h5,8-9,12-14,17,20H,4,6-7,10-11H2,1-3H3,(H2,30,34)(H,32,35). The predicted molar refractivity (Wildman–Crippen MR) is 132 cm³/mol. The third-order valence-corrected chi connectivity index (χ3v) is 7.05. The number of carbonyl (C=O) groups is 1. The van der Waals surface area contributed by atoms with E-state index in [9.17, 15) is 18.0 Å². The van der Waals surface area contributed by atoms with Crippen LogP contribution in [-0.2, 0) is 23.0 Å². The third kappa shape index (κ3) is 5.00. The number of aliphatic imine (C=N–C) groups is 2. The van der Waals surface area contributed by atoms with Crippen LogP contribution in [0.2, 0.25) is 0 Å². The molecule has 1 fully saturated rings. The van der Waals surface area contributed by atoms with E-state index in [0.717, 1.165) is 55.4 Å². The van der Waals surface area contributed by atoms with Crippen molar-refractivity contribution in [3.05, 3.63) is 58.9 Å². The number of aryl methyl sites for hydroxylation is 1. The van der Waals surface area contributed by atoms with Gasteiger partial charge in [0.1, 0.15) is 11.5 Å². The minimum Gasteiger partial charge on any atom is -0.382 e. The van der Waals surface area contributed by atoms with Gasteiger partial charge in [-0.25, -0.2) is 4.99 Å². The number of nitrogens with one attached hydrogen (secondary N) is 1. The Morgan fingerprint density at radius 1 is 1.17 bits per heavy atom. The molecular weight excluding hydrogens is 471 g/mol. The van der Waals surface area contributed by atoms with Crippen LogP contribution in [0.25, 0.3) is 0 Å². The molecule has 192 valence electrons. The van der Waals surface area contributed by atoms with E-state index in [2.05, 4.69) is 10.3 Å². The second-order valence-electron chi connectivity index (χ2n) is 9.24. The molecule has 1 aliphatic carbocycles. The number of anilines is 1. The third-order valence-electron chi connectivity index (χ3n) is 7.05. The monoisotopic (exact) mass is 501 g/mol. The number of amidine groups is 1. The molecule has 1 unspecified atom stereocenters. The molecule has 10 heteroatoms. The van der Waals surface area contributed by atoms with Crippen molar-refractivity contribution in [2.75, 3.05) is 12.4 Å². The highest BCUT2D eigenvalue weighted by Crippen LogP contribution is 2.47. The summed E-state index contributed by atoms with van der Waals surface area (Å²) in [4.78, 5) is 26.3. The summed E-state index contributed by atoms with van der Waals surface area (Å²) in [6, 6.07) is 7.43. The van der Waals surface area contributed by atoms with Crippen LogP contribution in [-0.4, -0.2) is 35.7 Å². The first-order valence-corrected chi connectivity index (χ1v) is 12.0. The van der Waals surface area contributed by atoms with Gasteiger partial charge in [0.2, 0.25) is 0 Å². The molecule has 7 nitrogen and oxygen atoms in total. The summed E-state index contributed by atoms with van der Waals surface area (Å²) < 4.78 is 44.1. The number of pyridine rings is 1. The van der Waals surface area contributed by atoms with Crippen LogP contribution in [0.5, 0.6) is 0 Å². The molecule has 2 heterocycles. The molecule has 3 N–H and O–H groups in total. The van der Waals surface area contributed by atoms with Crippen molar-refractivity contribution in [3.63, 3.8) is 0 Å². The van der Waals surface area contributed by atoms with Crippen LogP contribution in [0.15, 0.2) is 46.5 Å². The number of methoxy groups -OCH3 is 1. The largest absolute Gasteiger partial charge is 0.417 e. The number of ether oxygens (including phenoxy) is 1. The van der Waals surface area contributed by atoms with Gasteiger partial charge in [-0.15, -0.1) is 0 Å². The Bertz CT molecular complexity index is 1170. The van der Waals surface area contributed by atoms with Gasteiger partial charge in [0, 0.05) is 30.5 Å². The molecule has 4 rings (SSSR count). The number of benzene rings is 1. The van der Waals surface area contributed by atoms with E-state index in [4.69, 9.17) is 20.5 Å². The quantitative estimate of drug-likeness (QED) is 0.575. The Morgan fingerprint density at radius 3 is 2.42 bits per heavy atom. The molecule has 0 saturated heterocycles. The molecule has 2 aliphatic rings. The molecule has 1 saturated carbocycles. The lowest BCUT2D eigenvalue weighted by Gasteiger charge is -2.38. The van der Waals surface area contributed by atoms with E-state index < -0.39 is 23.3 Å². The van der Waals surface area contributed by atoms with Crippen molar-refractivity contribution in [3.8, 4) is 0 Å². The Kier molecular flexibility index (Phi) is 7.17. The molecule has 1 aliphatic heterocycles. The highest BCUT2D eigenvalue weighted by Gasteiger charge is 2.46. The zero-order valence-corrected chi connectivity index (χ0v) is 20.5. The van der Waals surface area contributed by atoms with Crippen molar-refractivity contribution in [2.45, 2.75) is 63.9 Å². The maximum Gasteiger partial charge on any atom is 0.417 e. The first kappa shape index (κ1) is 25.8. The number of rotatable bonds is 6. The fourth-order valence-electron chi connectivity index (χ4n) is 5.02. The van der Waals surface area contributed by atoms with Gasteiger partial charge >= 0.3 is 6.18 Å². The fraction of sp³-hybridized carbons (Fsp3) is 0.462. The van der Waals surface area contributed by atoms with Crippen LogP contribution >= 0.6 is 0 Å². The van der Waals surface area contributed by atoms with Gasteiger partial charge in [0.15, 0.2) is 5.66 Å². The van der Waals surface area contributed by atoms with E-state index in [1.807, 2.05) is 26.0 Å². The van der Waals surface area contributed by atoms with Crippen molar-refractivity contribution < 1.29 is 22.7 Å². The summed E-state index contributed by atoms with van der Waals surface area (Å²) in [5.74, 6) is -0.107. The summed E-state index contributed by atoms with van der Waals surface area (Å²) in [7, 11) is 1.72. The zero-order chi connectivity index (χ0) is 26.1. The number of hydrogen-bond acceptors (Lipinski definition) is 6. The summed E-state index contributed by atoms with van der Waals surface area (Å²) >= 11 is 0. The maximum absolute atomic E-state index is 12.8. The number of amides is 1. The number of halogens is 3. The smallest absolute Gasteiger partial charge is 0.382 e. The topological polar surface area (TPSA) is 102 Å². The average Bonchev–Trinajstić information content (AvgIpc) is 3.18. The first-order chi connectivity index (χ1) is 17.1. The Hall–Kier alpha value is -3.27. The molecule has 1 aromatic carbocycles. The van der Waals surface area contributed by atoms with Crippen LogP contribution in [0, 0.1) is 5.92 Å². The van der Waals surface area contributed by atoms with Crippen LogP contribution < -0.4 is 11.1 Å². The molecule has 1 aromatic heterocycles. The molecule has 2 aromatic rings. The minimum absolute atomic E-state index is 0.104. The Labute approximate surface area is 208 Å². The number of carbonyl (C=O) groups excluding carboxylic acids is 1. The highest BCUT2D eigenvalue weighted by atomic mass is 19.4. The maximum atomic E-state index is 12.8. The lowest BCUT2D eigenvalue weighted by molar-refractivity contribution is -0.137. The average molecular weight is 502 g/mol. The lowest BCUT2D eigenvalue weighted by atomic mass is 9.74. The van der Waals surface area contributed by atoms with Gasteiger partial charge in [-0.2, -0.15) is 13.2 Å². The summed E-state index contributed by atoms with van der Waals surface area (Å²) in [5, 5.41) is 2.76. The summed E-state index contributed by atoms with van der Waals surface area (Å²) in [6.45, 7) is 3.88. The number of hydrogen-bond donors (Lipinski definition) is 2. The van der Waals surface area contributed by atoms with Crippen molar-refractivity contribution in [1.29, 1.82) is 0 Å². The number of nitrogens with two attached hydrogens (primary N) is 1. The van der Waals surface area contributed by atoms with Crippen molar-refractivity contribution in [2.24, 2.45) is 21.6 Å². The van der Waals surface area contributed by atoms with E-state index in [0.29, 0.717) is 23.4 Å². The molecule has 0 spiro atoms. The lowest BCUT2D eigenvalue weighted by Crippen LogP contribution is -2.36. The van der Waals surface area contributed by atoms with Gasteiger partial charge in [-0.1, -0.05) is 13.0 Å². The fourth-order valence-corrected chi connectivity index (χ4v) is 5.02. The van der Waals surface area contributed by atoms with Gasteiger partial charge in [-0.3, -0.25) is 14.8 Å². The van der Waals surface area contributed by atoms with Crippen LogP contribution in [0.1, 0.15) is 66.7 Å². The normalized spacial score (nSPS) is 24.3. The Morgan fingerprint density at radius 2 is 1.89 bits per heavy atom. The minimum atomic E-state index is -4.52. The van der Waals surface area contributed by atoms with Gasteiger partial charge in [0.05, 0.1) is 17.4 Å². The van der Waals surface area contributed by atoms with Crippen molar-refractivity contribution >= 4 is 23.1 Å².